The van der Waals surface area contributed by atoms with Gasteiger partial charge in [0.05, 0.1) is 10.6 Å². The van der Waals surface area contributed by atoms with Crippen LogP contribution in [0.2, 0.25) is 0 Å². The highest BCUT2D eigenvalue weighted by molar-refractivity contribution is 7.92. The molecule has 0 bridgehead atoms. The van der Waals surface area contributed by atoms with Gasteiger partial charge >= 0.3 is 0 Å². The SMILES string of the molecule is Cc1ccc(Nc2sc(C(=O)c3ccc(C)cc3C)c(N)c2S(=O)(=O)c2ccc(C)cc2)cc1. The van der Waals surface area contributed by atoms with Gasteiger partial charge in [0.1, 0.15) is 14.8 Å². The maximum atomic E-state index is 13.7. The minimum Gasteiger partial charge on any atom is -0.396 e. The maximum Gasteiger partial charge on any atom is 0.211 e. The highest BCUT2D eigenvalue weighted by Crippen LogP contribution is 2.44. The van der Waals surface area contributed by atoms with Crippen molar-refractivity contribution < 1.29 is 13.2 Å². The summed E-state index contributed by atoms with van der Waals surface area (Å²) in [5, 5.41) is 3.50. The summed E-state index contributed by atoms with van der Waals surface area (Å²) in [7, 11) is -3.99. The predicted molar refractivity (Wildman–Crippen MR) is 139 cm³/mol. The number of nitrogens with one attached hydrogen (secondary N) is 1. The number of aryl methyl sites for hydroxylation is 4. The minimum absolute atomic E-state index is 0.0369. The van der Waals surface area contributed by atoms with E-state index in [-0.39, 0.29) is 26.1 Å². The molecule has 1 aromatic heterocycles. The standard InChI is InChI=1S/C27H26N2O3S2/c1-16-5-10-20(11-6-16)29-27-26(34(31,32)21-12-7-17(2)8-13-21)23(28)25(33-27)24(30)22-14-9-18(3)15-19(22)4/h5-15,29H,28H2,1-4H3. The van der Waals surface area contributed by atoms with Crippen molar-refractivity contribution in [1.29, 1.82) is 0 Å². The fourth-order valence-electron chi connectivity index (χ4n) is 3.74. The van der Waals surface area contributed by atoms with E-state index in [1.165, 1.54) is 0 Å². The molecule has 1 heterocycles. The fraction of sp³-hybridized carbons (Fsp3) is 0.148. The molecule has 0 spiro atoms. The number of nitrogens with two attached hydrogens (primary N) is 1. The highest BCUT2D eigenvalue weighted by Gasteiger charge is 2.32. The van der Waals surface area contributed by atoms with Crippen LogP contribution in [0.4, 0.5) is 16.4 Å². The van der Waals surface area contributed by atoms with Crippen LogP contribution < -0.4 is 11.1 Å². The van der Waals surface area contributed by atoms with Crippen molar-refractivity contribution >= 4 is 43.3 Å². The van der Waals surface area contributed by atoms with E-state index in [1.54, 1.807) is 30.3 Å². The second kappa shape index (κ2) is 9.08. The van der Waals surface area contributed by atoms with Gasteiger partial charge in [0.25, 0.3) is 0 Å². The van der Waals surface area contributed by atoms with E-state index < -0.39 is 9.84 Å². The molecule has 7 heteroatoms. The Hall–Kier alpha value is -3.42. The lowest BCUT2D eigenvalue weighted by atomic mass is 10.0. The van der Waals surface area contributed by atoms with Gasteiger partial charge in [-0.2, -0.15) is 0 Å². The molecule has 0 atom stereocenters. The second-order valence-corrected chi connectivity index (χ2v) is 11.4. The zero-order chi connectivity index (χ0) is 24.6. The first-order valence-electron chi connectivity index (χ1n) is 10.8. The highest BCUT2D eigenvalue weighted by atomic mass is 32.2. The monoisotopic (exact) mass is 490 g/mol. The number of benzene rings is 3. The van der Waals surface area contributed by atoms with E-state index in [0.29, 0.717) is 16.3 Å². The topological polar surface area (TPSA) is 89.3 Å². The van der Waals surface area contributed by atoms with Crippen molar-refractivity contribution in [2.45, 2.75) is 37.5 Å². The molecule has 3 aromatic carbocycles. The summed E-state index contributed by atoms with van der Waals surface area (Å²) in [6, 6.07) is 19.7. The Kier molecular flexibility index (Phi) is 6.34. The molecular weight excluding hydrogens is 464 g/mol. The van der Waals surface area contributed by atoms with Crippen LogP contribution in [0, 0.1) is 27.7 Å². The number of anilines is 3. The molecule has 0 aliphatic rings. The number of nitrogen functional groups attached to an aromatic ring is 1. The molecule has 174 valence electrons. The van der Waals surface area contributed by atoms with Crippen molar-refractivity contribution in [2.24, 2.45) is 0 Å². The fourth-order valence-corrected chi connectivity index (χ4v) is 6.67. The normalized spacial score (nSPS) is 11.4. The molecule has 0 aliphatic heterocycles. The van der Waals surface area contributed by atoms with Crippen LogP contribution in [-0.2, 0) is 9.84 Å². The largest absolute Gasteiger partial charge is 0.396 e. The zero-order valence-corrected chi connectivity index (χ0v) is 21.1. The number of ketones is 1. The molecule has 0 saturated heterocycles. The number of sulfone groups is 1. The Morgan fingerprint density at radius 2 is 1.38 bits per heavy atom. The summed E-state index contributed by atoms with van der Waals surface area (Å²) >= 11 is 1.06. The minimum atomic E-state index is -3.99. The van der Waals surface area contributed by atoms with E-state index >= 15 is 0 Å². The molecule has 0 aliphatic carbocycles. The van der Waals surface area contributed by atoms with Crippen LogP contribution in [0.1, 0.15) is 37.5 Å². The third-order valence-corrected chi connectivity index (χ3v) is 8.75. The van der Waals surface area contributed by atoms with Gasteiger partial charge in [-0.1, -0.05) is 59.2 Å². The number of rotatable bonds is 6. The molecule has 5 nitrogen and oxygen atoms in total. The average Bonchev–Trinajstić information content (AvgIpc) is 3.11. The molecule has 0 saturated carbocycles. The molecule has 4 aromatic rings. The Balaban J connectivity index is 1.89. The van der Waals surface area contributed by atoms with Crippen molar-refractivity contribution in [2.75, 3.05) is 11.1 Å². The van der Waals surface area contributed by atoms with Crippen LogP contribution >= 0.6 is 11.3 Å². The van der Waals surface area contributed by atoms with E-state index in [9.17, 15) is 13.2 Å². The molecule has 4 rings (SSSR count). The number of thiophene rings is 1. The predicted octanol–water partition coefficient (Wildman–Crippen LogP) is 6.37. The van der Waals surface area contributed by atoms with E-state index in [4.69, 9.17) is 5.73 Å². The van der Waals surface area contributed by atoms with Gasteiger partial charge in [-0.15, -0.1) is 11.3 Å². The maximum absolute atomic E-state index is 13.7. The first-order valence-corrected chi connectivity index (χ1v) is 13.1. The Bertz CT molecular complexity index is 1480. The number of carbonyl (C=O) groups excluding carboxylic acids is 1. The van der Waals surface area contributed by atoms with E-state index in [0.717, 1.165) is 33.6 Å². The zero-order valence-electron chi connectivity index (χ0n) is 19.5. The molecular formula is C27H26N2O3S2. The summed E-state index contributed by atoms with van der Waals surface area (Å²) in [6.45, 7) is 7.68. The van der Waals surface area contributed by atoms with E-state index in [2.05, 4.69) is 5.32 Å². The number of hydrogen-bond acceptors (Lipinski definition) is 6. The molecule has 34 heavy (non-hydrogen) atoms. The summed E-state index contributed by atoms with van der Waals surface area (Å²) < 4.78 is 27.4. The first kappa shape index (κ1) is 23.7. The summed E-state index contributed by atoms with van der Waals surface area (Å²) in [5.41, 5.74) is 11.5. The Morgan fingerprint density at radius 1 is 0.824 bits per heavy atom. The summed E-state index contributed by atoms with van der Waals surface area (Å²) in [4.78, 5) is 13.7. The molecule has 0 amide bonds. The summed E-state index contributed by atoms with van der Waals surface area (Å²) in [5.74, 6) is -0.294. The van der Waals surface area contributed by atoms with Gasteiger partial charge in [0, 0.05) is 11.3 Å². The van der Waals surface area contributed by atoms with Gasteiger partial charge in [-0.05, 0) is 57.5 Å². The Labute approximate surface area is 204 Å². The number of carbonyl (C=O) groups is 1. The summed E-state index contributed by atoms with van der Waals surface area (Å²) in [6.07, 6.45) is 0. The van der Waals surface area contributed by atoms with E-state index in [1.807, 2.05) is 64.1 Å². The van der Waals surface area contributed by atoms with Gasteiger partial charge in [0.2, 0.25) is 15.6 Å². The van der Waals surface area contributed by atoms with Crippen LogP contribution in [-0.4, -0.2) is 14.2 Å². The molecule has 0 fully saturated rings. The second-order valence-electron chi connectivity index (χ2n) is 8.46. The van der Waals surface area contributed by atoms with Crippen molar-refractivity contribution in [1.82, 2.24) is 0 Å². The lowest BCUT2D eigenvalue weighted by molar-refractivity contribution is 0.104. The molecule has 3 N–H and O–H groups in total. The van der Waals surface area contributed by atoms with Gasteiger partial charge < -0.3 is 11.1 Å². The van der Waals surface area contributed by atoms with Gasteiger partial charge in [-0.25, -0.2) is 8.42 Å². The van der Waals surface area contributed by atoms with Crippen molar-refractivity contribution in [3.05, 3.63) is 99.4 Å². The third kappa shape index (κ3) is 4.49. The third-order valence-electron chi connectivity index (χ3n) is 5.64. The molecule has 0 radical (unpaired) electrons. The van der Waals surface area contributed by atoms with Crippen molar-refractivity contribution in [3.8, 4) is 0 Å². The average molecular weight is 491 g/mol. The van der Waals surface area contributed by atoms with Crippen molar-refractivity contribution in [3.63, 3.8) is 0 Å². The Morgan fingerprint density at radius 3 is 1.97 bits per heavy atom. The van der Waals surface area contributed by atoms with Crippen LogP contribution in [0.15, 0.2) is 76.5 Å². The van der Waals surface area contributed by atoms with Crippen LogP contribution in [0.5, 0.6) is 0 Å². The first-order chi connectivity index (χ1) is 16.1. The molecule has 0 unspecified atom stereocenters. The van der Waals surface area contributed by atoms with Gasteiger partial charge in [0.15, 0.2) is 0 Å². The van der Waals surface area contributed by atoms with Crippen LogP contribution in [0.3, 0.4) is 0 Å². The number of hydrogen-bond donors (Lipinski definition) is 2. The lowest BCUT2D eigenvalue weighted by Gasteiger charge is -2.10. The smallest absolute Gasteiger partial charge is 0.211 e. The van der Waals surface area contributed by atoms with Crippen LogP contribution in [0.25, 0.3) is 0 Å². The quantitative estimate of drug-likeness (QED) is 0.307. The van der Waals surface area contributed by atoms with Gasteiger partial charge in [-0.3, -0.25) is 4.79 Å². The lowest BCUT2D eigenvalue weighted by Crippen LogP contribution is -2.09.